The maximum Gasteiger partial charge on any atom is 0.121 e. The minimum atomic E-state index is 0.102. The molecule has 0 aromatic heterocycles. The van der Waals surface area contributed by atoms with Crippen LogP contribution in [-0.4, -0.2) is 23.1 Å². The Morgan fingerprint density at radius 2 is 1.40 bits per heavy atom. The molecule has 1 heterocycles. The van der Waals surface area contributed by atoms with Crippen molar-refractivity contribution in [3.63, 3.8) is 0 Å². The van der Waals surface area contributed by atoms with Gasteiger partial charge in [-0.3, -0.25) is 4.90 Å². The van der Waals surface area contributed by atoms with Crippen LogP contribution in [0.4, 0.5) is 0 Å². The first kappa shape index (κ1) is 16.2. The van der Waals surface area contributed by atoms with Gasteiger partial charge >= 0.3 is 0 Å². The topological polar surface area (TPSA) is 23.5 Å². The van der Waals surface area contributed by atoms with Gasteiger partial charge < -0.3 is 5.11 Å². The number of rotatable bonds is 3. The van der Waals surface area contributed by atoms with E-state index in [1.165, 1.54) is 36.6 Å². The molecule has 3 aromatic carbocycles. The highest BCUT2D eigenvalue weighted by Crippen LogP contribution is 2.40. The molecule has 0 spiro atoms. The van der Waals surface area contributed by atoms with E-state index in [2.05, 4.69) is 59.5 Å². The molecule has 0 saturated carbocycles. The Bertz CT molecular complexity index is 835. The van der Waals surface area contributed by atoms with E-state index < -0.39 is 0 Å². The van der Waals surface area contributed by atoms with Gasteiger partial charge in [0.2, 0.25) is 0 Å². The van der Waals surface area contributed by atoms with E-state index in [-0.39, 0.29) is 6.04 Å². The predicted octanol–water partition coefficient (Wildman–Crippen LogP) is 5.51. The Kier molecular flexibility index (Phi) is 4.71. The van der Waals surface area contributed by atoms with Crippen molar-refractivity contribution in [3.05, 3.63) is 77.9 Å². The van der Waals surface area contributed by atoms with Crippen molar-refractivity contribution in [1.29, 1.82) is 0 Å². The summed E-state index contributed by atoms with van der Waals surface area (Å²) in [6.45, 7) is 2.17. The van der Waals surface area contributed by atoms with Gasteiger partial charge in [0.15, 0.2) is 0 Å². The molecule has 0 radical (unpaired) electrons. The third kappa shape index (κ3) is 3.27. The van der Waals surface area contributed by atoms with Gasteiger partial charge in [-0.15, -0.1) is 0 Å². The van der Waals surface area contributed by atoms with Crippen LogP contribution < -0.4 is 0 Å². The van der Waals surface area contributed by atoms with Crippen LogP contribution in [0.2, 0.25) is 0 Å². The molecule has 1 aliphatic heterocycles. The van der Waals surface area contributed by atoms with Crippen molar-refractivity contribution in [1.82, 2.24) is 4.90 Å². The number of nitrogens with zero attached hydrogens (tertiary/aromatic N) is 1. The molecule has 0 aliphatic carbocycles. The lowest BCUT2D eigenvalue weighted by Crippen LogP contribution is -2.30. The zero-order chi connectivity index (χ0) is 17.1. The largest absolute Gasteiger partial charge is 0.508 e. The first-order valence-electron chi connectivity index (χ1n) is 9.34. The number of likely N-dealkylation sites (tertiary alicyclic amines) is 1. The first-order chi connectivity index (χ1) is 12.3. The van der Waals surface area contributed by atoms with Gasteiger partial charge in [0.25, 0.3) is 0 Å². The average molecular weight is 331 g/mol. The maximum absolute atomic E-state index is 10.8. The van der Waals surface area contributed by atoms with Crippen molar-refractivity contribution < 1.29 is 5.11 Å². The number of phenols is 1. The van der Waals surface area contributed by atoms with E-state index in [0.717, 1.165) is 24.0 Å². The Labute approximate surface area is 149 Å². The Morgan fingerprint density at radius 1 is 0.720 bits per heavy atom. The van der Waals surface area contributed by atoms with Gasteiger partial charge in [0, 0.05) is 5.56 Å². The summed E-state index contributed by atoms with van der Waals surface area (Å²) in [7, 11) is 0. The Morgan fingerprint density at radius 3 is 2.16 bits per heavy atom. The Hall–Kier alpha value is -2.32. The molecule has 1 atom stereocenters. The molecule has 1 N–H and O–H groups in total. The summed E-state index contributed by atoms with van der Waals surface area (Å²) in [5, 5.41) is 13.2. The lowest BCUT2D eigenvalue weighted by Gasteiger charge is -2.32. The van der Waals surface area contributed by atoms with E-state index in [9.17, 15) is 5.11 Å². The summed E-state index contributed by atoms with van der Waals surface area (Å²) in [5.74, 6) is 0.400. The van der Waals surface area contributed by atoms with E-state index in [0.29, 0.717) is 5.75 Å². The predicted molar refractivity (Wildman–Crippen MR) is 104 cm³/mol. The molecule has 128 valence electrons. The monoisotopic (exact) mass is 331 g/mol. The summed E-state index contributed by atoms with van der Waals surface area (Å²) in [4.78, 5) is 2.56. The maximum atomic E-state index is 10.8. The highest BCUT2D eigenvalue weighted by molar-refractivity contribution is 5.88. The van der Waals surface area contributed by atoms with Gasteiger partial charge in [-0.05, 0) is 48.3 Å². The summed E-state index contributed by atoms with van der Waals surface area (Å²) in [5.41, 5.74) is 2.31. The van der Waals surface area contributed by atoms with Crippen molar-refractivity contribution in [2.24, 2.45) is 0 Å². The Balaban J connectivity index is 1.90. The second kappa shape index (κ2) is 7.28. The number of benzene rings is 3. The smallest absolute Gasteiger partial charge is 0.121 e. The fourth-order valence-corrected chi connectivity index (χ4v) is 4.12. The van der Waals surface area contributed by atoms with Gasteiger partial charge in [-0.1, -0.05) is 73.5 Å². The van der Waals surface area contributed by atoms with Gasteiger partial charge in [-0.2, -0.15) is 0 Å². The summed E-state index contributed by atoms with van der Waals surface area (Å²) in [6.07, 6.45) is 5.07. The van der Waals surface area contributed by atoms with Crippen molar-refractivity contribution in [2.45, 2.75) is 31.7 Å². The van der Waals surface area contributed by atoms with E-state index in [4.69, 9.17) is 0 Å². The fourth-order valence-electron chi connectivity index (χ4n) is 4.12. The van der Waals surface area contributed by atoms with E-state index in [1.807, 2.05) is 12.1 Å². The van der Waals surface area contributed by atoms with E-state index >= 15 is 0 Å². The molecular formula is C23H25NO. The van der Waals surface area contributed by atoms with Crippen LogP contribution in [0.3, 0.4) is 0 Å². The third-order valence-electron chi connectivity index (χ3n) is 5.34. The lowest BCUT2D eigenvalue weighted by atomic mass is 9.91. The number of phenolic OH excluding ortho intramolecular Hbond substituents is 1. The minimum Gasteiger partial charge on any atom is -0.508 e. The molecule has 0 bridgehead atoms. The SMILES string of the molecule is Oc1ccc2ccccc2c1[C@@H](c1ccccc1)N1CCCCCC1. The summed E-state index contributed by atoms with van der Waals surface area (Å²) < 4.78 is 0. The van der Waals surface area contributed by atoms with E-state index in [1.54, 1.807) is 0 Å². The molecule has 3 aromatic rings. The number of aromatic hydroxyl groups is 1. The normalized spacial score (nSPS) is 17.3. The van der Waals surface area contributed by atoms with Gasteiger partial charge in [0.05, 0.1) is 6.04 Å². The lowest BCUT2D eigenvalue weighted by molar-refractivity contribution is 0.232. The second-order valence-corrected chi connectivity index (χ2v) is 6.98. The molecule has 2 nitrogen and oxygen atoms in total. The molecule has 1 saturated heterocycles. The highest BCUT2D eigenvalue weighted by atomic mass is 16.3. The van der Waals surface area contributed by atoms with Gasteiger partial charge in [-0.25, -0.2) is 0 Å². The molecule has 25 heavy (non-hydrogen) atoms. The number of fused-ring (bicyclic) bond motifs is 1. The molecule has 2 heteroatoms. The number of hydrogen-bond donors (Lipinski definition) is 1. The zero-order valence-electron chi connectivity index (χ0n) is 14.6. The number of hydrogen-bond acceptors (Lipinski definition) is 2. The molecule has 0 unspecified atom stereocenters. The van der Waals surface area contributed by atoms with Crippen LogP contribution >= 0.6 is 0 Å². The van der Waals surface area contributed by atoms with Crippen molar-refractivity contribution in [3.8, 4) is 5.75 Å². The van der Waals surface area contributed by atoms with Crippen LogP contribution in [0.1, 0.15) is 42.9 Å². The van der Waals surface area contributed by atoms with Crippen LogP contribution in [0, 0.1) is 0 Å². The third-order valence-corrected chi connectivity index (χ3v) is 5.34. The van der Waals surface area contributed by atoms with Crippen molar-refractivity contribution >= 4 is 10.8 Å². The zero-order valence-corrected chi connectivity index (χ0v) is 14.6. The molecule has 1 fully saturated rings. The minimum absolute atomic E-state index is 0.102. The fraction of sp³-hybridized carbons (Fsp3) is 0.304. The van der Waals surface area contributed by atoms with Crippen molar-refractivity contribution in [2.75, 3.05) is 13.1 Å². The molecule has 4 rings (SSSR count). The summed E-state index contributed by atoms with van der Waals surface area (Å²) >= 11 is 0. The second-order valence-electron chi connectivity index (χ2n) is 6.98. The molecular weight excluding hydrogens is 306 g/mol. The highest BCUT2D eigenvalue weighted by Gasteiger charge is 2.27. The van der Waals surface area contributed by atoms with Crippen LogP contribution in [0.15, 0.2) is 66.7 Å². The van der Waals surface area contributed by atoms with Crippen LogP contribution in [0.25, 0.3) is 10.8 Å². The van der Waals surface area contributed by atoms with Crippen LogP contribution in [-0.2, 0) is 0 Å². The van der Waals surface area contributed by atoms with Crippen LogP contribution in [0.5, 0.6) is 5.75 Å². The summed E-state index contributed by atoms with van der Waals surface area (Å²) in [6, 6.07) is 23.0. The quantitative estimate of drug-likeness (QED) is 0.684. The average Bonchev–Trinajstić information content (AvgIpc) is 2.94. The molecule has 0 amide bonds. The standard InChI is InChI=1S/C23H25NO/c25-21-15-14-18-10-6-7-13-20(18)22(21)23(19-11-4-3-5-12-19)24-16-8-1-2-9-17-24/h3-7,10-15,23,25H,1-2,8-9,16-17H2/t23-/m1/s1. The molecule has 1 aliphatic rings. The first-order valence-corrected chi connectivity index (χ1v) is 9.34. The van der Waals surface area contributed by atoms with Gasteiger partial charge in [0.1, 0.15) is 5.75 Å².